The van der Waals surface area contributed by atoms with Gasteiger partial charge in [-0.05, 0) is 29.8 Å². The Balaban J connectivity index is 2.31. The number of nitrogens with zero attached hydrogens (tertiary/aromatic N) is 1. The average molecular weight is 251 g/mol. The fraction of sp³-hybridized carbons (Fsp3) is 0. The third kappa shape index (κ3) is 1.83. The fourth-order valence-electron chi connectivity index (χ4n) is 2.26. The standard InChI is InChI=1S/C15H13N3O/c16-12-7-5-10(6-8-12)14-9-11-3-1-2-4-13(11)18(14)15(17)19/h1-9H,16H2,(H2,17,19). The molecule has 1 aromatic heterocycles. The van der Waals surface area contributed by atoms with Gasteiger partial charge in [-0.1, -0.05) is 30.3 Å². The minimum absolute atomic E-state index is 0.493. The van der Waals surface area contributed by atoms with E-state index in [4.69, 9.17) is 11.5 Å². The number of primary amides is 1. The van der Waals surface area contributed by atoms with Crippen molar-refractivity contribution in [1.82, 2.24) is 4.57 Å². The molecule has 0 unspecified atom stereocenters. The quantitative estimate of drug-likeness (QED) is 0.652. The summed E-state index contributed by atoms with van der Waals surface area (Å²) in [6.45, 7) is 0. The van der Waals surface area contributed by atoms with Gasteiger partial charge in [-0.25, -0.2) is 4.79 Å². The summed E-state index contributed by atoms with van der Waals surface area (Å²) in [6, 6.07) is 16.5. The maximum Gasteiger partial charge on any atom is 0.323 e. The summed E-state index contributed by atoms with van der Waals surface area (Å²) in [5.74, 6) is 0. The van der Waals surface area contributed by atoms with Crippen LogP contribution in [0.1, 0.15) is 0 Å². The molecule has 0 aliphatic heterocycles. The lowest BCUT2D eigenvalue weighted by atomic mass is 10.1. The van der Waals surface area contributed by atoms with Crippen LogP contribution in [0.25, 0.3) is 22.2 Å². The molecule has 2 aromatic carbocycles. The van der Waals surface area contributed by atoms with Crippen LogP contribution in [0.15, 0.2) is 54.6 Å². The average Bonchev–Trinajstić information content (AvgIpc) is 2.78. The highest BCUT2D eigenvalue weighted by Crippen LogP contribution is 2.28. The normalized spacial score (nSPS) is 10.7. The van der Waals surface area contributed by atoms with Gasteiger partial charge in [-0.2, -0.15) is 0 Å². The van der Waals surface area contributed by atoms with Crippen molar-refractivity contribution in [2.24, 2.45) is 5.73 Å². The lowest BCUT2D eigenvalue weighted by molar-refractivity contribution is 0.251. The summed E-state index contributed by atoms with van der Waals surface area (Å²) in [5, 5.41) is 0.980. The number of hydrogen-bond donors (Lipinski definition) is 2. The van der Waals surface area contributed by atoms with Crippen LogP contribution in [-0.4, -0.2) is 10.6 Å². The number of rotatable bonds is 1. The van der Waals surface area contributed by atoms with E-state index in [1.165, 1.54) is 4.57 Å². The minimum atomic E-state index is -0.493. The number of amides is 1. The van der Waals surface area contributed by atoms with Gasteiger partial charge < -0.3 is 11.5 Å². The Morgan fingerprint density at radius 1 is 1.00 bits per heavy atom. The van der Waals surface area contributed by atoms with Crippen molar-refractivity contribution in [2.45, 2.75) is 0 Å². The molecule has 0 bridgehead atoms. The topological polar surface area (TPSA) is 74.0 Å². The highest BCUT2D eigenvalue weighted by atomic mass is 16.2. The van der Waals surface area contributed by atoms with Crippen LogP contribution in [0.2, 0.25) is 0 Å². The largest absolute Gasteiger partial charge is 0.399 e. The van der Waals surface area contributed by atoms with Gasteiger partial charge in [0.1, 0.15) is 0 Å². The second-order valence-corrected chi connectivity index (χ2v) is 4.38. The number of benzene rings is 2. The van der Waals surface area contributed by atoms with Gasteiger partial charge in [0.15, 0.2) is 0 Å². The zero-order valence-corrected chi connectivity index (χ0v) is 10.2. The van der Waals surface area contributed by atoms with E-state index in [1.807, 2.05) is 42.5 Å². The monoisotopic (exact) mass is 251 g/mol. The first-order valence-corrected chi connectivity index (χ1v) is 5.93. The first-order valence-electron chi connectivity index (χ1n) is 5.93. The molecule has 94 valence electrons. The third-order valence-electron chi connectivity index (χ3n) is 3.14. The van der Waals surface area contributed by atoms with Crippen molar-refractivity contribution < 1.29 is 4.79 Å². The summed E-state index contributed by atoms with van der Waals surface area (Å²) in [5.41, 5.74) is 14.3. The second-order valence-electron chi connectivity index (χ2n) is 4.38. The van der Waals surface area contributed by atoms with Crippen molar-refractivity contribution in [3.05, 3.63) is 54.6 Å². The molecule has 1 amide bonds. The lowest BCUT2D eigenvalue weighted by Crippen LogP contribution is -2.20. The molecule has 3 aromatic rings. The number of para-hydroxylation sites is 1. The van der Waals surface area contributed by atoms with Gasteiger partial charge in [-0.15, -0.1) is 0 Å². The number of nitrogens with two attached hydrogens (primary N) is 2. The van der Waals surface area contributed by atoms with Crippen LogP contribution < -0.4 is 11.5 Å². The zero-order chi connectivity index (χ0) is 13.4. The predicted molar refractivity (Wildman–Crippen MR) is 76.8 cm³/mol. The Labute approximate surface area is 110 Å². The molecular formula is C15H13N3O. The van der Waals surface area contributed by atoms with Gasteiger partial charge in [-0.3, -0.25) is 4.57 Å². The molecule has 0 aliphatic carbocycles. The maximum atomic E-state index is 11.7. The molecule has 1 heterocycles. The van der Waals surface area contributed by atoms with Gasteiger partial charge in [0.05, 0.1) is 11.2 Å². The van der Waals surface area contributed by atoms with Crippen LogP contribution in [-0.2, 0) is 0 Å². The van der Waals surface area contributed by atoms with Crippen molar-refractivity contribution in [2.75, 3.05) is 5.73 Å². The summed E-state index contributed by atoms with van der Waals surface area (Å²) < 4.78 is 1.51. The van der Waals surface area contributed by atoms with Crippen molar-refractivity contribution in [3.8, 4) is 11.3 Å². The van der Waals surface area contributed by atoms with E-state index in [2.05, 4.69) is 0 Å². The maximum absolute atomic E-state index is 11.7. The molecule has 4 heteroatoms. The van der Waals surface area contributed by atoms with Crippen LogP contribution in [0.4, 0.5) is 10.5 Å². The summed E-state index contributed by atoms with van der Waals surface area (Å²) in [4.78, 5) is 11.7. The number of nitrogen functional groups attached to an aromatic ring is 1. The molecule has 0 radical (unpaired) electrons. The number of carbonyl (C=O) groups is 1. The molecule has 0 atom stereocenters. The zero-order valence-electron chi connectivity index (χ0n) is 10.2. The van der Waals surface area contributed by atoms with E-state index >= 15 is 0 Å². The van der Waals surface area contributed by atoms with E-state index in [-0.39, 0.29) is 0 Å². The van der Waals surface area contributed by atoms with Crippen LogP contribution in [0, 0.1) is 0 Å². The molecule has 0 fully saturated rings. The number of carbonyl (C=O) groups excluding carboxylic acids is 1. The molecule has 0 saturated heterocycles. The van der Waals surface area contributed by atoms with Crippen molar-refractivity contribution in [3.63, 3.8) is 0 Å². The molecule has 19 heavy (non-hydrogen) atoms. The molecule has 0 aliphatic rings. The van der Waals surface area contributed by atoms with E-state index in [0.717, 1.165) is 22.2 Å². The van der Waals surface area contributed by atoms with Crippen LogP contribution in [0.5, 0.6) is 0 Å². The lowest BCUT2D eigenvalue weighted by Gasteiger charge is -2.06. The van der Waals surface area contributed by atoms with E-state index in [9.17, 15) is 4.79 Å². The van der Waals surface area contributed by atoms with Gasteiger partial charge >= 0.3 is 6.03 Å². The van der Waals surface area contributed by atoms with Gasteiger partial charge in [0.25, 0.3) is 0 Å². The molecule has 4 N–H and O–H groups in total. The first kappa shape index (κ1) is 11.3. The summed E-state index contributed by atoms with van der Waals surface area (Å²) in [7, 11) is 0. The Morgan fingerprint density at radius 3 is 2.37 bits per heavy atom. The molecule has 0 saturated carbocycles. The Morgan fingerprint density at radius 2 is 1.68 bits per heavy atom. The Hall–Kier alpha value is -2.75. The van der Waals surface area contributed by atoms with Gasteiger partial charge in [0, 0.05) is 11.1 Å². The van der Waals surface area contributed by atoms with E-state index < -0.39 is 6.03 Å². The summed E-state index contributed by atoms with van der Waals surface area (Å²) in [6.07, 6.45) is 0. The number of aromatic nitrogens is 1. The SMILES string of the molecule is NC(=O)n1c(-c2ccc(N)cc2)cc2ccccc21. The highest BCUT2D eigenvalue weighted by molar-refractivity contribution is 5.97. The summed E-state index contributed by atoms with van der Waals surface area (Å²) >= 11 is 0. The molecule has 0 spiro atoms. The van der Waals surface area contributed by atoms with E-state index in [1.54, 1.807) is 12.1 Å². The van der Waals surface area contributed by atoms with Crippen molar-refractivity contribution >= 4 is 22.6 Å². The molecule has 3 rings (SSSR count). The number of anilines is 1. The predicted octanol–water partition coefficient (Wildman–Crippen LogP) is 2.82. The minimum Gasteiger partial charge on any atom is -0.399 e. The smallest absolute Gasteiger partial charge is 0.323 e. The second kappa shape index (κ2) is 4.17. The molecular weight excluding hydrogens is 238 g/mol. The van der Waals surface area contributed by atoms with Crippen LogP contribution in [0.3, 0.4) is 0 Å². The fourth-order valence-corrected chi connectivity index (χ4v) is 2.26. The van der Waals surface area contributed by atoms with Crippen molar-refractivity contribution in [1.29, 1.82) is 0 Å². The highest BCUT2D eigenvalue weighted by Gasteiger charge is 2.13. The van der Waals surface area contributed by atoms with Crippen LogP contribution >= 0.6 is 0 Å². The Bertz CT molecular complexity index is 757. The Kier molecular flexibility index (Phi) is 2.49. The van der Waals surface area contributed by atoms with E-state index in [0.29, 0.717) is 5.69 Å². The van der Waals surface area contributed by atoms with Gasteiger partial charge in [0.2, 0.25) is 0 Å². The third-order valence-corrected chi connectivity index (χ3v) is 3.14. The first-order chi connectivity index (χ1) is 9.16. The number of fused-ring (bicyclic) bond motifs is 1. The molecule has 4 nitrogen and oxygen atoms in total. The number of hydrogen-bond acceptors (Lipinski definition) is 2.